The SMILES string of the molecule is COc1cccc(NC(N)=NCCNc2ccc([N+](=O)[O-])cc2)c1. The van der Waals surface area contributed by atoms with Gasteiger partial charge in [0.2, 0.25) is 0 Å². The number of non-ortho nitro benzene ring substituents is 1. The zero-order valence-electron chi connectivity index (χ0n) is 13.2. The topological polar surface area (TPSA) is 115 Å². The zero-order chi connectivity index (χ0) is 17.4. The fourth-order valence-electron chi connectivity index (χ4n) is 1.97. The Morgan fingerprint density at radius 3 is 2.67 bits per heavy atom. The predicted octanol–water partition coefficient (Wildman–Crippen LogP) is 2.44. The summed E-state index contributed by atoms with van der Waals surface area (Å²) in [6.45, 7) is 1.01. The summed E-state index contributed by atoms with van der Waals surface area (Å²) in [6.07, 6.45) is 0. The van der Waals surface area contributed by atoms with E-state index >= 15 is 0 Å². The van der Waals surface area contributed by atoms with Crippen LogP contribution in [0.5, 0.6) is 5.75 Å². The lowest BCUT2D eigenvalue weighted by Gasteiger charge is -2.08. The van der Waals surface area contributed by atoms with Gasteiger partial charge in [0.15, 0.2) is 5.96 Å². The summed E-state index contributed by atoms with van der Waals surface area (Å²) in [4.78, 5) is 14.4. The lowest BCUT2D eigenvalue weighted by molar-refractivity contribution is -0.384. The van der Waals surface area contributed by atoms with Crippen LogP contribution < -0.4 is 21.1 Å². The molecule has 0 bridgehead atoms. The molecule has 24 heavy (non-hydrogen) atoms. The number of nitrogens with one attached hydrogen (secondary N) is 2. The number of nitro groups is 1. The molecule has 126 valence electrons. The molecule has 0 heterocycles. The van der Waals surface area contributed by atoms with Gasteiger partial charge in [-0.1, -0.05) is 6.07 Å². The Morgan fingerprint density at radius 1 is 1.25 bits per heavy atom. The number of hydrogen-bond acceptors (Lipinski definition) is 5. The summed E-state index contributed by atoms with van der Waals surface area (Å²) < 4.78 is 5.13. The average molecular weight is 329 g/mol. The Hall–Kier alpha value is -3.29. The van der Waals surface area contributed by atoms with Crippen LogP contribution in [0.4, 0.5) is 17.1 Å². The number of hydrogen-bond donors (Lipinski definition) is 3. The van der Waals surface area contributed by atoms with Gasteiger partial charge >= 0.3 is 0 Å². The van der Waals surface area contributed by atoms with Crippen LogP contribution in [0.3, 0.4) is 0 Å². The smallest absolute Gasteiger partial charge is 0.269 e. The zero-order valence-corrected chi connectivity index (χ0v) is 13.2. The van der Waals surface area contributed by atoms with E-state index < -0.39 is 4.92 Å². The first-order valence-electron chi connectivity index (χ1n) is 7.28. The molecule has 0 saturated carbocycles. The molecule has 8 heteroatoms. The van der Waals surface area contributed by atoms with Crippen molar-refractivity contribution in [1.29, 1.82) is 0 Å². The van der Waals surface area contributed by atoms with Crippen LogP contribution in [-0.4, -0.2) is 31.1 Å². The highest BCUT2D eigenvalue weighted by Gasteiger charge is 2.03. The second-order valence-electron chi connectivity index (χ2n) is 4.85. The summed E-state index contributed by atoms with van der Waals surface area (Å²) in [6, 6.07) is 13.6. The highest BCUT2D eigenvalue weighted by Crippen LogP contribution is 2.16. The maximum absolute atomic E-state index is 10.6. The second kappa shape index (κ2) is 8.37. The Balaban J connectivity index is 1.79. The van der Waals surface area contributed by atoms with Gasteiger partial charge in [-0.3, -0.25) is 15.1 Å². The third-order valence-corrected chi connectivity index (χ3v) is 3.14. The van der Waals surface area contributed by atoms with Crippen LogP contribution in [0.2, 0.25) is 0 Å². The van der Waals surface area contributed by atoms with Crippen molar-refractivity contribution in [3.8, 4) is 5.75 Å². The molecule has 0 atom stereocenters. The molecule has 2 aromatic rings. The Kier molecular flexibility index (Phi) is 5.95. The number of aliphatic imine (C=N–C) groups is 1. The van der Waals surface area contributed by atoms with Gasteiger partial charge < -0.3 is 21.1 Å². The Bertz CT molecular complexity index is 716. The molecule has 0 aliphatic rings. The van der Waals surface area contributed by atoms with Gasteiger partial charge in [0.05, 0.1) is 18.6 Å². The fraction of sp³-hybridized carbons (Fsp3) is 0.188. The van der Waals surface area contributed by atoms with Crippen molar-refractivity contribution in [1.82, 2.24) is 0 Å². The number of benzene rings is 2. The van der Waals surface area contributed by atoms with E-state index in [1.807, 2.05) is 24.3 Å². The Labute approximate surface area is 139 Å². The van der Waals surface area contributed by atoms with E-state index in [1.165, 1.54) is 12.1 Å². The molecule has 0 spiro atoms. The number of nitrogens with two attached hydrogens (primary N) is 1. The molecule has 0 aromatic heterocycles. The minimum atomic E-state index is -0.432. The van der Waals surface area contributed by atoms with Crippen LogP contribution in [0, 0.1) is 10.1 Å². The molecule has 0 unspecified atom stereocenters. The van der Waals surface area contributed by atoms with E-state index in [9.17, 15) is 10.1 Å². The third-order valence-electron chi connectivity index (χ3n) is 3.14. The number of guanidine groups is 1. The molecule has 0 radical (unpaired) electrons. The molecular weight excluding hydrogens is 310 g/mol. The number of nitro benzene ring substituents is 1. The first kappa shape index (κ1) is 17.1. The molecule has 0 fully saturated rings. The van der Waals surface area contributed by atoms with Crippen molar-refractivity contribution < 1.29 is 9.66 Å². The maximum Gasteiger partial charge on any atom is 0.269 e. The van der Waals surface area contributed by atoms with Gasteiger partial charge in [-0.05, 0) is 24.3 Å². The molecule has 0 amide bonds. The van der Waals surface area contributed by atoms with Gasteiger partial charge in [-0.2, -0.15) is 0 Å². The van der Waals surface area contributed by atoms with Crippen LogP contribution in [-0.2, 0) is 0 Å². The number of anilines is 2. The molecule has 2 aromatic carbocycles. The summed E-state index contributed by atoms with van der Waals surface area (Å²) in [5.41, 5.74) is 7.46. The van der Waals surface area contributed by atoms with Crippen molar-refractivity contribution in [3.05, 3.63) is 58.6 Å². The summed E-state index contributed by atoms with van der Waals surface area (Å²) in [5, 5.41) is 16.7. The maximum atomic E-state index is 10.6. The largest absolute Gasteiger partial charge is 0.497 e. The Morgan fingerprint density at radius 2 is 2.00 bits per heavy atom. The monoisotopic (exact) mass is 329 g/mol. The lowest BCUT2D eigenvalue weighted by atomic mass is 10.3. The summed E-state index contributed by atoms with van der Waals surface area (Å²) >= 11 is 0. The summed E-state index contributed by atoms with van der Waals surface area (Å²) in [5.74, 6) is 1.03. The van der Waals surface area contributed by atoms with Crippen molar-refractivity contribution in [3.63, 3.8) is 0 Å². The molecule has 0 saturated heterocycles. The molecular formula is C16H19N5O3. The van der Waals surface area contributed by atoms with Gasteiger partial charge in [-0.25, -0.2) is 0 Å². The van der Waals surface area contributed by atoms with Gasteiger partial charge in [-0.15, -0.1) is 0 Å². The number of nitrogens with zero attached hydrogens (tertiary/aromatic N) is 2. The van der Waals surface area contributed by atoms with E-state index in [-0.39, 0.29) is 5.69 Å². The van der Waals surface area contributed by atoms with E-state index in [1.54, 1.807) is 19.2 Å². The minimum absolute atomic E-state index is 0.0605. The number of methoxy groups -OCH3 is 1. The van der Waals surface area contributed by atoms with E-state index in [0.717, 1.165) is 17.1 Å². The fourth-order valence-corrected chi connectivity index (χ4v) is 1.97. The standard InChI is InChI=1S/C16H19N5O3/c1-24-15-4-2-3-13(11-15)20-16(17)19-10-9-18-12-5-7-14(8-6-12)21(22)23/h2-8,11,18H,9-10H2,1H3,(H3,17,19,20). The average Bonchev–Trinajstić information content (AvgIpc) is 2.59. The lowest BCUT2D eigenvalue weighted by Crippen LogP contribution is -2.23. The molecule has 2 rings (SSSR count). The molecule has 8 nitrogen and oxygen atoms in total. The highest BCUT2D eigenvalue weighted by molar-refractivity contribution is 5.92. The number of rotatable bonds is 7. The van der Waals surface area contributed by atoms with Crippen LogP contribution >= 0.6 is 0 Å². The van der Waals surface area contributed by atoms with Crippen molar-refractivity contribution in [2.75, 3.05) is 30.8 Å². The summed E-state index contributed by atoms with van der Waals surface area (Å²) in [7, 11) is 1.60. The van der Waals surface area contributed by atoms with Crippen LogP contribution in [0.15, 0.2) is 53.5 Å². The van der Waals surface area contributed by atoms with E-state index in [4.69, 9.17) is 10.5 Å². The predicted molar refractivity (Wildman–Crippen MR) is 94.7 cm³/mol. The van der Waals surface area contributed by atoms with Crippen molar-refractivity contribution in [2.45, 2.75) is 0 Å². The number of ether oxygens (including phenoxy) is 1. The van der Waals surface area contributed by atoms with Crippen molar-refractivity contribution in [2.24, 2.45) is 10.7 Å². The van der Waals surface area contributed by atoms with Crippen molar-refractivity contribution >= 4 is 23.0 Å². The molecule has 0 aliphatic carbocycles. The van der Waals surface area contributed by atoms with Gasteiger partial charge in [0.1, 0.15) is 5.75 Å². The second-order valence-corrected chi connectivity index (χ2v) is 4.85. The van der Waals surface area contributed by atoms with Gasteiger partial charge in [0.25, 0.3) is 5.69 Å². The minimum Gasteiger partial charge on any atom is -0.497 e. The third kappa shape index (κ3) is 5.16. The van der Waals surface area contributed by atoms with Crippen LogP contribution in [0.25, 0.3) is 0 Å². The van der Waals surface area contributed by atoms with Gasteiger partial charge in [0, 0.05) is 36.1 Å². The van der Waals surface area contributed by atoms with Crippen LogP contribution in [0.1, 0.15) is 0 Å². The van der Waals surface area contributed by atoms with E-state index in [2.05, 4.69) is 15.6 Å². The normalized spacial score (nSPS) is 11.0. The first-order valence-corrected chi connectivity index (χ1v) is 7.28. The first-order chi connectivity index (χ1) is 11.6. The quantitative estimate of drug-likeness (QED) is 0.236. The highest BCUT2D eigenvalue weighted by atomic mass is 16.6. The van der Waals surface area contributed by atoms with E-state index in [0.29, 0.717) is 19.0 Å². The molecule has 0 aliphatic heterocycles. The molecule has 4 N–H and O–H groups in total.